The molecule has 0 unspecified atom stereocenters. The van der Waals surface area contributed by atoms with Gasteiger partial charge in [-0.1, -0.05) is 0 Å². The number of esters is 1. The lowest BCUT2D eigenvalue weighted by atomic mass is 10.2. The van der Waals surface area contributed by atoms with Crippen molar-refractivity contribution in [1.82, 2.24) is 0 Å². The van der Waals surface area contributed by atoms with Gasteiger partial charge in [0, 0.05) is 6.92 Å². The van der Waals surface area contributed by atoms with Crippen LogP contribution in [-0.4, -0.2) is 35.0 Å². The summed E-state index contributed by atoms with van der Waals surface area (Å²) in [7, 11) is 0. The topological polar surface area (TPSA) is 66.8 Å². The van der Waals surface area contributed by atoms with E-state index in [1.807, 2.05) is 20.8 Å². The first kappa shape index (κ1) is 13.9. The number of hydrogen-bond donors (Lipinski definition) is 2. The molecule has 0 saturated carbocycles. The summed E-state index contributed by atoms with van der Waals surface area (Å²) in [5.74, 6) is -0.225. The van der Waals surface area contributed by atoms with Gasteiger partial charge in [-0.2, -0.15) is 0 Å². The SMILES string of the molecule is CC(=O)OC(C)(C)C.OCCO. The Morgan fingerprint density at radius 1 is 1.25 bits per heavy atom. The molecule has 0 bridgehead atoms. The van der Waals surface area contributed by atoms with Gasteiger partial charge in [0.1, 0.15) is 5.60 Å². The van der Waals surface area contributed by atoms with Gasteiger partial charge in [0.25, 0.3) is 0 Å². The maximum absolute atomic E-state index is 10.2. The molecule has 74 valence electrons. The molecule has 0 aliphatic heterocycles. The Morgan fingerprint density at radius 2 is 1.58 bits per heavy atom. The second kappa shape index (κ2) is 7.06. The van der Waals surface area contributed by atoms with Crippen molar-refractivity contribution in [3.8, 4) is 0 Å². The molecule has 2 N–H and O–H groups in total. The van der Waals surface area contributed by atoms with Crippen molar-refractivity contribution in [2.45, 2.75) is 33.3 Å². The smallest absolute Gasteiger partial charge is 0.303 e. The zero-order chi connectivity index (χ0) is 10.2. The Kier molecular flexibility index (Phi) is 8.21. The molecule has 12 heavy (non-hydrogen) atoms. The van der Waals surface area contributed by atoms with Gasteiger partial charge in [-0.25, -0.2) is 0 Å². The molecular formula is C8H18O4. The minimum Gasteiger partial charge on any atom is -0.460 e. The molecule has 0 aromatic heterocycles. The Hall–Kier alpha value is -0.610. The van der Waals surface area contributed by atoms with E-state index in [0.29, 0.717) is 0 Å². The zero-order valence-corrected chi connectivity index (χ0v) is 8.13. The molecule has 0 amide bonds. The highest BCUT2D eigenvalue weighted by atomic mass is 16.6. The van der Waals surface area contributed by atoms with Gasteiger partial charge in [0.2, 0.25) is 0 Å². The van der Waals surface area contributed by atoms with Gasteiger partial charge >= 0.3 is 5.97 Å². The van der Waals surface area contributed by atoms with Crippen molar-refractivity contribution in [3.63, 3.8) is 0 Å². The van der Waals surface area contributed by atoms with Crippen molar-refractivity contribution in [2.75, 3.05) is 13.2 Å². The maximum atomic E-state index is 10.2. The summed E-state index contributed by atoms with van der Waals surface area (Å²) in [6.45, 7) is 6.68. The Morgan fingerprint density at radius 3 is 1.58 bits per heavy atom. The van der Waals surface area contributed by atoms with E-state index in [4.69, 9.17) is 14.9 Å². The number of rotatable bonds is 1. The summed E-state index contributed by atoms with van der Waals surface area (Å²) in [6.07, 6.45) is 0. The number of carbonyl (C=O) groups excluding carboxylic acids is 1. The standard InChI is InChI=1S/C6H12O2.C2H6O2/c1-5(7)8-6(2,3)4;3-1-2-4/h1-4H3;3-4H,1-2H2. The van der Waals surface area contributed by atoms with Gasteiger partial charge in [-0.3, -0.25) is 4.79 Å². The lowest BCUT2D eigenvalue weighted by Gasteiger charge is -2.17. The summed E-state index contributed by atoms with van der Waals surface area (Å²) in [4.78, 5) is 10.2. The van der Waals surface area contributed by atoms with Gasteiger partial charge in [0.15, 0.2) is 0 Å². The van der Waals surface area contributed by atoms with Crippen LogP contribution in [0.4, 0.5) is 0 Å². The molecule has 4 heteroatoms. The highest BCUT2D eigenvalue weighted by Gasteiger charge is 2.11. The van der Waals surface area contributed by atoms with Crippen LogP contribution in [0.1, 0.15) is 27.7 Å². The first-order valence-corrected chi connectivity index (χ1v) is 3.74. The summed E-state index contributed by atoms with van der Waals surface area (Å²) in [5.41, 5.74) is -0.328. The average molecular weight is 178 g/mol. The van der Waals surface area contributed by atoms with Crippen LogP contribution in [0.15, 0.2) is 0 Å². The molecule has 0 aromatic rings. The first-order valence-electron chi connectivity index (χ1n) is 3.74. The second-order valence-corrected chi connectivity index (χ2v) is 3.15. The number of hydrogen-bond acceptors (Lipinski definition) is 4. The predicted octanol–water partition coefficient (Wildman–Crippen LogP) is 0.319. The van der Waals surface area contributed by atoms with E-state index < -0.39 is 0 Å². The highest BCUT2D eigenvalue weighted by Crippen LogP contribution is 2.05. The van der Waals surface area contributed by atoms with E-state index in [1.54, 1.807) is 0 Å². The fourth-order valence-electron chi connectivity index (χ4n) is 0.431. The monoisotopic (exact) mass is 178 g/mol. The quantitative estimate of drug-likeness (QED) is 0.567. The van der Waals surface area contributed by atoms with Gasteiger partial charge in [-0.15, -0.1) is 0 Å². The van der Waals surface area contributed by atoms with Gasteiger partial charge < -0.3 is 14.9 Å². The minimum atomic E-state index is -0.328. The van der Waals surface area contributed by atoms with Gasteiger partial charge in [-0.05, 0) is 20.8 Å². The fourth-order valence-corrected chi connectivity index (χ4v) is 0.431. The number of aliphatic hydroxyl groups is 2. The molecule has 0 aromatic carbocycles. The van der Waals surface area contributed by atoms with Crippen LogP contribution in [0.2, 0.25) is 0 Å². The van der Waals surface area contributed by atoms with Crippen molar-refractivity contribution >= 4 is 5.97 Å². The van der Waals surface area contributed by atoms with E-state index in [0.717, 1.165) is 0 Å². The lowest BCUT2D eigenvalue weighted by Crippen LogP contribution is -2.21. The molecule has 0 spiro atoms. The summed E-state index contributed by atoms with van der Waals surface area (Å²) < 4.78 is 4.80. The molecule has 0 aliphatic rings. The largest absolute Gasteiger partial charge is 0.460 e. The van der Waals surface area contributed by atoms with Crippen LogP contribution in [-0.2, 0) is 9.53 Å². The fraction of sp³-hybridized carbons (Fsp3) is 0.875. The van der Waals surface area contributed by atoms with Crippen molar-refractivity contribution in [2.24, 2.45) is 0 Å². The minimum absolute atomic E-state index is 0.125. The molecule has 0 aliphatic carbocycles. The van der Waals surface area contributed by atoms with E-state index in [-0.39, 0.29) is 24.8 Å². The van der Waals surface area contributed by atoms with Crippen LogP contribution < -0.4 is 0 Å². The molecular weight excluding hydrogens is 160 g/mol. The van der Waals surface area contributed by atoms with Crippen molar-refractivity contribution in [3.05, 3.63) is 0 Å². The van der Waals surface area contributed by atoms with Crippen LogP contribution >= 0.6 is 0 Å². The summed E-state index contributed by atoms with van der Waals surface area (Å²) >= 11 is 0. The summed E-state index contributed by atoms with van der Waals surface area (Å²) in [5, 5.41) is 15.2. The molecule has 0 rings (SSSR count). The van der Waals surface area contributed by atoms with Crippen molar-refractivity contribution < 1.29 is 19.7 Å². The van der Waals surface area contributed by atoms with E-state index in [9.17, 15) is 4.79 Å². The van der Waals surface area contributed by atoms with Crippen molar-refractivity contribution in [1.29, 1.82) is 0 Å². The normalized spacial score (nSPS) is 9.83. The van der Waals surface area contributed by atoms with Gasteiger partial charge in [0.05, 0.1) is 13.2 Å². The predicted molar refractivity (Wildman–Crippen MR) is 45.7 cm³/mol. The van der Waals surface area contributed by atoms with Crippen LogP contribution in [0.25, 0.3) is 0 Å². The third kappa shape index (κ3) is 22.8. The molecule has 0 saturated heterocycles. The van der Waals surface area contributed by atoms with E-state index >= 15 is 0 Å². The molecule has 0 fully saturated rings. The number of carbonyl (C=O) groups is 1. The molecule has 0 radical (unpaired) electrons. The first-order chi connectivity index (χ1) is 5.33. The Labute approximate surface area is 73.2 Å². The van der Waals surface area contributed by atoms with E-state index in [2.05, 4.69) is 0 Å². The second-order valence-electron chi connectivity index (χ2n) is 3.15. The highest BCUT2D eigenvalue weighted by molar-refractivity contribution is 5.66. The third-order valence-corrected chi connectivity index (χ3v) is 0.550. The molecule has 0 atom stereocenters. The Bertz CT molecular complexity index is 113. The molecule has 0 heterocycles. The Balaban J connectivity index is 0. The zero-order valence-electron chi connectivity index (χ0n) is 8.13. The van der Waals surface area contributed by atoms with E-state index in [1.165, 1.54) is 6.92 Å². The maximum Gasteiger partial charge on any atom is 0.303 e. The van der Waals surface area contributed by atoms with Crippen LogP contribution in [0, 0.1) is 0 Å². The third-order valence-electron chi connectivity index (χ3n) is 0.550. The average Bonchev–Trinajstić information content (AvgIpc) is 1.83. The lowest BCUT2D eigenvalue weighted by molar-refractivity contribution is -0.151. The summed E-state index contributed by atoms with van der Waals surface area (Å²) in [6, 6.07) is 0. The molecule has 4 nitrogen and oxygen atoms in total. The number of aliphatic hydroxyl groups excluding tert-OH is 2. The number of ether oxygens (including phenoxy) is 1. The van der Waals surface area contributed by atoms with Crippen LogP contribution in [0.5, 0.6) is 0 Å². The van der Waals surface area contributed by atoms with Crippen LogP contribution in [0.3, 0.4) is 0 Å².